The first-order valence-corrected chi connectivity index (χ1v) is 7.78. The van der Waals surface area contributed by atoms with Crippen LogP contribution in [-0.2, 0) is 0 Å². The molecule has 0 bridgehead atoms. The molecule has 2 aromatic rings. The molecule has 5 nitrogen and oxygen atoms in total. The zero-order valence-corrected chi connectivity index (χ0v) is 13.4. The van der Waals surface area contributed by atoms with E-state index in [2.05, 4.69) is 15.3 Å². The van der Waals surface area contributed by atoms with Gasteiger partial charge in [-0.1, -0.05) is 19.9 Å². The Morgan fingerprint density at radius 1 is 1.17 bits per heavy atom. The summed E-state index contributed by atoms with van der Waals surface area (Å²) in [6.07, 6.45) is 4.81. The maximum Gasteiger partial charge on any atom is 0.256 e. The quantitative estimate of drug-likeness (QED) is 0.847. The van der Waals surface area contributed by atoms with Crippen molar-refractivity contribution in [2.24, 2.45) is 0 Å². The normalized spacial score (nSPS) is 10.4. The van der Waals surface area contributed by atoms with Crippen LogP contribution in [0.25, 0.3) is 0 Å². The largest absolute Gasteiger partial charge is 0.339 e. The highest BCUT2D eigenvalue weighted by atomic mass is 19.1. The SMILES string of the molecule is CCCN(CCC)C(=O)c1cnc(Nc2cccc(F)c2)nc1. The molecule has 0 fully saturated rings. The molecule has 0 aliphatic carbocycles. The van der Waals surface area contributed by atoms with Crippen molar-refractivity contribution in [3.8, 4) is 0 Å². The molecule has 122 valence electrons. The summed E-state index contributed by atoms with van der Waals surface area (Å²) in [5.74, 6) is -0.0766. The van der Waals surface area contributed by atoms with Gasteiger partial charge in [0.15, 0.2) is 0 Å². The summed E-state index contributed by atoms with van der Waals surface area (Å²) in [5, 5.41) is 2.90. The van der Waals surface area contributed by atoms with E-state index < -0.39 is 0 Å². The standard InChI is InChI=1S/C17H21FN4O/c1-3-8-22(9-4-2)16(23)13-11-19-17(20-12-13)21-15-7-5-6-14(18)10-15/h5-7,10-12H,3-4,8-9H2,1-2H3,(H,19,20,21). The van der Waals surface area contributed by atoms with E-state index in [1.807, 2.05) is 13.8 Å². The van der Waals surface area contributed by atoms with E-state index in [4.69, 9.17) is 0 Å². The minimum absolute atomic E-state index is 0.0639. The number of aromatic nitrogens is 2. The van der Waals surface area contributed by atoms with Crippen molar-refractivity contribution in [3.05, 3.63) is 48.0 Å². The lowest BCUT2D eigenvalue weighted by Crippen LogP contribution is -2.32. The highest BCUT2D eigenvalue weighted by Gasteiger charge is 2.15. The summed E-state index contributed by atoms with van der Waals surface area (Å²) >= 11 is 0. The van der Waals surface area contributed by atoms with E-state index in [0.717, 1.165) is 25.9 Å². The Morgan fingerprint density at radius 2 is 1.83 bits per heavy atom. The van der Waals surface area contributed by atoms with Crippen molar-refractivity contribution >= 4 is 17.5 Å². The fourth-order valence-electron chi connectivity index (χ4n) is 2.24. The van der Waals surface area contributed by atoms with Crippen LogP contribution in [0.4, 0.5) is 16.0 Å². The number of rotatable bonds is 7. The van der Waals surface area contributed by atoms with Crippen LogP contribution in [0.15, 0.2) is 36.7 Å². The number of amides is 1. The van der Waals surface area contributed by atoms with Gasteiger partial charge < -0.3 is 10.2 Å². The predicted molar refractivity (Wildman–Crippen MR) is 88.2 cm³/mol. The number of hydrogen-bond donors (Lipinski definition) is 1. The van der Waals surface area contributed by atoms with Gasteiger partial charge in [-0.25, -0.2) is 14.4 Å². The van der Waals surface area contributed by atoms with Gasteiger partial charge in [0, 0.05) is 31.2 Å². The Morgan fingerprint density at radius 3 is 2.39 bits per heavy atom. The lowest BCUT2D eigenvalue weighted by atomic mass is 10.2. The average molecular weight is 316 g/mol. The highest BCUT2D eigenvalue weighted by Crippen LogP contribution is 2.14. The second-order valence-corrected chi connectivity index (χ2v) is 5.22. The van der Waals surface area contributed by atoms with Crippen LogP contribution in [0.2, 0.25) is 0 Å². The lowest BCUT2D eigenvalue weighted by molar-refractivity contribution is 0.0754. The number of nitrogens with zero attached hydrogens (tertiary/aromatic N) is 3. The van der Waals surface area contributed by atoms with Gasteiger partial charge in [0.05, 0.1) is 5.56 Å². The van der Waals surface area contributed by atoms with Crippen molar-refractivity contribution in [2.75, 3.05) is 18.4 Å². The van der Waals surface area contributed by atoms with Crippen LogP contribution < -0.4 is 5.32 Å². The smallest absolute Gasteiger partial charge is 0.256 e. The molecule has 0 atom stereocenters. The number of carbonyl (C=O) groups excluding carboxylic acids is 1. The molecule has 1 amide bonds. The first-order chi connectivity index (χ1) is 11.1. The topological polar surface area (TPSA) is 58.1 Å². The number of benzene rings is 1. The first kappa shape index (κ1) is 16.9. The van der Waals surface area contributed by atoms with Crippen molar-refractivity contribution in [1.29, 1.82) is 0 Å². The van der Waals surface area contributed by atoms with Gasteiger partial charge in [-0.05, 0) is 31.0 Å². The Hall–Kier alpha value is -2.50. The molecule has 2 rings (SSSR count). The second-order valence-electron chi connectivity index (χ2n) is 5.22. The summed E-state index contributed by atoms with van der Waals surface area (Å²) in [6, 6.07) is 6.04. The monoisotopic (exact) mass is 316 g/mol. The Balaban J connectivity index is 2.07. The molecular weight excluding hydrogens is 295 g/mol. The lowest BCUT2D eigenvalue weighted by Gasteiger charge is -2.21. The molecule has 0 spiro atoms. The van der Waals surface area contributed by atoms with Gasteiger partial charge in [-0.2, -0.15) is 0 Å². The molecule has 0 unspecified atom stereocenters. The minimum Gasteiger partial charge on any atom is -0.339 e. The minimum atomic E-state index is -0.337. The van der Waals surface area contributed by atoms with Gasteiger partial charge in [0.25, 0.3) is 5.91 Å². The summed E-state index contributed by atoms with van der Waals surface area (Å²) < 4.78 is 13.1. The zero-order valence-electron chi connectivity index (χ0n) is 13.4. The Bertz CT molecular complexity index is 639. The van der Waals surface area contributed by atoms with Gasteiger partial charge in [-0.15, -0.1) is 0 Å². The average Bonchev–Trinajstić information content (AvgIpc) is 2.55. The number of nitrogens with one attached hydrogen (secondary N) is 1. The van der Waals surface area contributed by atoms with Crippen LogP contribution in [0.5, 0.6) is 0 Å². The van der Waals surface area contributed by atoms with Gasteiger partial charge in [0.2, 0.25) is 5.95 Å². The molecule has 1 heterocycles. The van der Waals surface area contributed by atoms with Gasteiger partial charge in [-0.3, -0.25) is 4.79 Å². The summed E-state index contributed by atoms with van der Waals surface area (Å²) in [5.41, 5.74) is 1.01. The van der Waals surface area contributed by atoms with Crippen LogP contribution >= 0.6 is 0 Å². The van der Waals surface area contributed by atoms with E-state index in [1.54, 1.807) is 17.0 Å². The first-order valence-electron chi connectivity index (χ1n) is 7.78. The molecule has 0 saturated heterocycles. The van der Waals surface area contributed by atoms with Gasteiger partial charge in [0.1, 0.15) is 5.82 Å². The maximum atomic E-state index is 13.1. The summed E-state index contributed by atoms with van der Waals surface area (Å²) in [7, 11) is 0. The van der Waals surface area contributed by atoms with E-state index in [-0.39, 0.29) is 11.7 Å². The van der Waals surface area contributed by atoms with Gasteiger partial charge >= 0.3 is 0 Å². The van der Waals surface area contributed by atoms with Crippen molar-refractivity contribution in [2.45, 2.75) is 26.7 Å². The molecule has 23 heavy (non-hydrogen) atoms. The van der Waals surface area contributed by atoms with Crippen LogP contribution in [0, 0.1) is 5.82 Å². The van der Waals surface area contributed by atoms with Crippen molar-refractivity contribution in [1.82, 2.24) is 14.9 Å². The molecular formula is C17H21FN4O. The summed E-state index contributed by atoms with van der Waals surface area (Å²) in [4.78, 5) is 22.5. The predicted octanol–water partition coefficient (Wildman–Crippen LogP) is 3.62. The zero-order chi connectivity index (χ0) is 16.7. The number of anilines is 2. The number of halogens is 1. The third kappa shape index (κ3) is 4.74. The number of carbonyl (C=O) groups is 1. The molecule has 0 saturated carbocycles. The van der Waals surface area contributed by atoms with Crippen LogP contribution in [0.1, 0.15) is 37.0 Å². The molecule has 0 radical (unpaired) electrons. The van der Waals surface area contributed by atoms with E-state index in [9.17, 15) is 9.18 Å². The maximum absolute atomic E-state index is 13.1. The Labute approximate surface area is 135 Å². The second kappa shape index (κ2) is 8.22. The Kier molecular flexibility index (Phi) is 6.02. The molecule has 1 aromatic heterocycles. The molecule has 0 aliphatic heterocycles. The van der Waals surface area contributed by atoms with E-state index >= 15 is 0 Å². The van der Waals surface area contributed by atoms with Crippen LogP contribution in [-0.4, -0.2) is 33.9 Å². The van der Waals surface area contributed by atoms with E-state index in [1.165, 1.54) is 24.5 Å². The molecule has 1 aromatic carbocycles. The third-order valence-electron chi connectivity index (χ3n) is 3.25. The summed E-state index contributed by atoms with van der Waals surface area (Å²) in [6.45, 7) is 5.52. The fourth-order valence-corrected chi connectivity index (χ4v) is 2.24. The highest BCUT2D eigenvalue weighted by molar-refractivity contribution is 5.93. The van der Waals surface area contributed by atoms with Crippen molar-refractivity contribution in [3.63, 3.8) is 0 Å². The molecule has 6 heteroatoms. The molecule has 1 N–H and O–H groups in total. The van der Waals surface area contributed by atoms with Crippen LogP contribution in [0.3, 0.4) is 0 Å². The molecule has 0 aliphatic rings. The number of hydrogen-bond acceptors (Lipinski definition) is 4. The fraction of sp³-hybridized carbons (Fsp3) is 0.353. The third-order valence-corrected chi connectivity index (χ3v) is 3.25. The van der Waals surface area contributed by atoms with Crippen molar-refractivity contribution < 1.29 is 9.18 Å². The van der Waals surface area contributed by atoms with E-state index in [0.29, 0.717) is 17.2 Å².